The van der Waals surface area contributed by atoms with Crippen molar-refractivity contribution in [3.05, 3.63) is 71.8 Å². The van der Waals surface area contributed by atoms with Crippen molar-refractivity contribution >= 4 is 5.97 Å². The van der Waals surface area contributed by atoms with E-state index in [4.69, 9.17) is 18.9 Å². The van der Waals surface area contributed by atoms with Gasteiger partial charge in [0.1, 0.15) is 18.9 Å². The van der Waals surface area contributed by atoms with E-state index in [0.29, 0.717) is 0 Å². The molecule has 0 spiro atoms. The molecule has 0 amide bonds. The Labute approximate surface area is 168 Å². The van der Waals surface area contributed by atoms with Crippen molar-refractivity contribution in [1.29, 1.82) is 0 Å². The molecule has 1 aliphatic rings. The molecule has 1 aliphatic heterocycles. The van der Waals surface area contributed by atoms with Crippen molar-refractivity contribution in [1.82, 2.24) is 0 Å². The molecule has 0 aromatic heterocycles. The fourth-order valence-electron chi connectivity index (χ4n) is 3.20. The van der Waals surface area contributed by atoms with Crippen LogP contribution in [0.4, 0.5) is 8.78 Å². The highest BCUT2D eigenvalue weighted by Crippen LogP contribution is 2.39. The highest BCUT2D eigenvalue weighted by atomic mass is 19.2. The average molecular weight is 406 g/mol. The van der Waals surface area contributed by atoms with Gasteiger partial charge in [-0.1, -0.05) is 60.7 Å². The molecule has 2 aromatic rings. The molecule has 1 heterocycles. The van der Waals surface area contributed by atoms with Crippen LogP contribution < -0.4 is 0 Å². The van der Waals surface area contributed by atoms with Gasteiger partial charge >= 0.3 is 5.97 Å². The molecule has 29 heavy (non-hydrogen) atoms. The zero-order chi connectivity index (χ0) is 20.7. The summed E-state index contributed by atoms with van der Waals surface area (Å²) in [6, 6.07) is 18.5. The quantitative estimate of drug-likeness (QED) is 0.594. The highest BCUT2D eigenvalue weighted by Gasteiger charge is 2.61. The maximum Gasteiger partial charge on any atom is 0.305 e. The Morgan fingerprint density at radius 3 is 2.17 bits per heavy atom. The van der Waals surface area contributed by atoms with E-state index in [0.717, 1.165) is 18.1 Å². The summed E-state index contributed by atoms with van der Waals surface area (Å²) in [6.45, 7) is -0.0137. The molecule has 1 fully saturated rings. The number of hydrogen-bond donors (Lipinski definition) is 0. The van der Waals surface area contributed by atoms with Crippen LogP contribution in [0, 0.1) is 0 Å². The van der Waals surface area contributed by atoms with Crippen LogP contribution in [-0.2, 0) is 37.0 Å². The molecular formula is C22H24F2O5. The monoisotopic (exact) mass is 406 g/mol. The first kappa shape index (κ1) is 21.4. The van der Waals surface area contributed by atoms with Crippen molar-refractivity contribution < 1.29 is 32.5 Å². The van der Waals surface area contributed by atoms with Gasteiger partial charge in [-0.25, -0.2) is 8.78 Å². The second-order valence-electron chi connectivity index (χ2n) is 6.89. The van der Waals surface area contributed by atoms with E-state index in [2.05, 4.69) is 0 Å². The number of esters is 1. The number of alkyl halides is 2. The lowest BCUT2D eigenvalue weighted by Gasteiger charge is -2.28. The van der Waals surface area contributed by atoms with Crippen molar-refractivity contribution in [2.24, 2.45) is 0 Å². The SMILES string of the molecule is CC(=O)OC1OC(COCc2ccccc2)[C@H](OCc2ccccc2)C1(F)CF. The van der Waals surface area contributed by atoms with Crippen LogP contribution >= 0.6 is 0 Å². The fourth-order valence-corrected chi connectivity index (χ4v) is 3.20. The molecule has 0 radical (unpaired) electrons. The van der Waals surface area contributed by atoms with Gasteiger partial charge < -0.3 is 18.9 Å². The lowest BCUT2D eigenvalue weighted by Crippen LogP contribution is -2.49. The van der Waals surface area contributed by atoms with Crippen LogP contribution in [0.15, 0.2) is 60.7 Å². The highest BCUT2D eigenvalue weighted by molar-refractivity contribution is 5.66. The maximum absolute atomic E-state index is 15.5. The van der Waals surface area contributed by atoms with Crippen LogP contribution in [-0.4, -0.2) is 43.4 Å². The third kappa shape index (κ3) is 5.38. The Balaban J connectivity index is 1.70. The molecule has 0 N–H and O–H groups in total. The van der Waals surface area contributed by atoms with Crippen LogP contribution in [0.3, 0.4) is 0 Å². The molecule has 2 aromatic carbocycles. The van der Waals surface area contributed by atoms with Gasteiger partial charge in [0.15, 0.2) is 0 Å². The third-order valence-corrected chi connectivity index (χ3v) is 4.64. The molecule has 1 saturated heterocycles. The fraction of sp³-hybridized carbons (Fsp3) is 0.409. The van der Waals surface area contributed by atoms with Gasteiger partial charge in [-0.2, -0.15) is 0 Å². The summed E-state index contributed by atoms with van der Waals surface area (Å²) < 4.78 is 51.0. The Hall–Kier alpha value is -2.35. The Kier molecular flexibility index (Phi) is 7.30. The normalized spacial score (nSPS) is 26.4. The van der Waals surface area contributed by atoms with Crippen molar-refractivity contribution in [3.8, 4) is 0 Å². The van der Waals surface area contributed by atoms with Crippen LogP contribution in [0.1, 0.15) is 18.1 Å². The zero-order valence-electron chi connectivity index (χ0n) is 16.1. The summed E-state index contributed by atoms with van der Waals surface area (Å²) in [5.74, 6) is -0.766. The van der Waals surface area contributed by atoms with Crippen LogP contribution in [0.5, 0.6) is 0 Å². The minimum Gasteiger partial charge on any atom is -0.432 e. The van der Waals surface area contributed by atoms with E-state index in [1.165, 1.54) is 0 Å². The van der Waals surface area contributed by atoms with Gasteiger partial charge in [-0.3, -0.25) is 4.79 Å². The maximum atomic E-state index is 15.5. The molecule has 0 bridgehead atoms. The number of benzene rings is 2. The first-order chi connectivity index (χ1) is 14.0. The van der Waals surface area contributed by atoms with Gasteiger partial charge in [-0.05, 0) is 11.1 Å². The van der Waals surface area contributed by atoms with Crippen LogP contribution in [0.25, 0.3) is 0 Å². The van der Waals surface area contributed by atoms with E-state index in [1.54, 1.807) is 0 Å². The Morgan fingerprint density at radius 1 is 1.03 bits per heavy atom. The van der Waals surface area contributed by atoms with Gasteiger partial charge in [0, 0.05) is 6.92 Å². The van der Waals surface area contributed by atoms with Crippen molar-refractivity contribution in [3.63, 3.8) is 0 Å². The molecule has 7 heteroatoms. The third-order valence-electron chi connectivity index (χ3n) is 4.64. The van der Waals surface area contributed by atoms with Crippen LogP contribution in [0.2, 0.25) is 0 Å². The minimum absolute atomic E-state index is 0.0439. The molecule has 3 rings (SSSR count). The predicted octanol–water partition coefficient (Wildman–Crippen LogP) is 3.75. The van der Waals surface area contributed by atoms with Gasteiger partial charge in [0.25, 0.3) is 0 Å². The molecule has 3 unspecified atom stereocenters. The van der Waals surface area contributed by atoms with Gasteiger partial charge in [0.05, 0.1) is 19.8 Å². The molecule has 5 nitrogen and oxygen atoms in total. The molecule has 4 atom stereocenters. The number of carbonyl (C=O) groups is 1. The predicted molar refractivity (Wildman–Crippen MR) is 101 cm³/mol. The van der Waals surface area contributed by atoms with Crippen molar-refractivity contribution in [2.45, 2.75) is 44.3 Å². The van der Waals surface area contributed by atoms with E-state index in [-0.39, 0.29) is 19.8 Å². The second-order valence-corrected chi connectivity index (χ2v) is 6.89. The average Bonchev–Trinajstić information content (AvgIpc) is 2.99. The number of hydrogen-bond acceptors (Lipinski definition) is 5. The number of rotatable bonds is 9. The number of halogens is 2. The van der Waals surface area contributed by atoms with E-state index in [1.807, 2.05) is 60.7 Å². The zero-order valence-corrected chi connectivity index (χ0v) is 16.1. The second kappa shape index (κ2) is 9.91. The molecule has 0 saturated carbocycles. The molecular weight excluding hydrogens is 382 g/mol. The van der Waals surface area contributed by atoms with Gasteiger partial charge in [-0.15, -0.1) is 0 Å². The summed E-state index contributed by atoms with van der Waals surface area (Å²) in [7, 11) is 0. The van der Waals surface area contributed by atoms with E-state index >= 15 is 4.39 Å². The summed E-state index contributed by atoms with van der Waals surface area (Å²) in [5, 5.41) is 0. The largest absolute Gasteiger partial charge is 0.432 e. The first-order valence-corrected chi connectivity index (χ1v) is 9.37. The Morgan fingerprint density at radius 2 is 1.62 bits per heavy atom. The molecule has 0 aliphatic carbocycles. The summed E-state index contributed by atoms with van der Waals surface area (Å²) in [5.41, 5.74) is -0.893. The van der Waals surface area contributed by atoms with E-state index < -0.39 is 36.8 Å². The minimum atomic E-state index is -2.62. The number of carbonyl (C=O) groups excluding carboxylic acids is 1. The Bertz CT molecular complexity index is 773. The van der Waals surface area contributed by atoms with Gasteiger partial charge in [0.2, 0.25) is 12.0 Å². The smallest absolute Gasteiger partial charge is 0.305 e. The lowest BCUT2D eigenvalue weighted by molar-refractivity contribution is -0.198. The first-order valence-electron chi connectivity index (χ1n) is 9.37. The summed E-state index contributed by atoms with van der Waals surface area (Å²) in [6.07, 6.45) is -3.93. The molecule has 156 valence electrons. The summed E-state index contributed by atoms with van der Waals surface area (Å²) in [4.78, 5) is 11.3. The standard InChI is InChI=1S/C22H24F2O5/c1-16(25)28-21-22(24,15-23)20(27-13-18-10-6-3-7-11-18)19(29-21)14-26-12-17-8-4-2-5-9-17/h2-11,19-21H,12-15H2,1H3/t19?,20-,21?,22?/m0/s1. The summed E-state index contributed by atoms with van der Waals surface area (Å²) >= 11 is 0. The van der Waals surface area contributed by atoms with Crippen molar-refractivity contribution in [2.75, 3.05) is 13.3 Å². The lowest BCUT2D eigenvalue weighted by atomic mass is 9.98. The van der Waals surface area contributed by atoms with E-state index in [9.17, 15) is 9.18 Å². The topological polar surface area (TPSA) is 54.0 Å². The number of ether oxygens (including phenoxy) is 4.